The van der Waals surface area contributed by atoms with Gasteiger partial charge in [0.2, 0.25) is 11.8 Å². The Balaban J connectivity index is 1.57. The van der Waals surface area contributed by atoms with Crippen LogP contribution in [0.1, 0.15) is 17.5 Å². The van der Waals surface area contributed by atoms with Crippen LogP contribution in [0.4, 0.5) is 5.69 Å². The summed E-state index contributed by atoms with van der Waals surface area (Å²) in [6.45, 7) is 0.860. The highest BCUT2D eigenvalue weighted by Crippen LogP contribution is 2.21. The van der Waals surface area contributed by atoms with Crippen molar-refractivity contribution in [3.05, 3.63) is 59.9 Å². The smallest absolute Gasteiger partial charge is 0.229 e. The number of aliphatic hydroxyl groups is 1. The fourth-order valence-corrected chi connectivity index (χ4v) is 2.98. The van der Waals surface area contributed by atoms with Crippen molar-refractivity contribution in [1.29, 1.82) is 0 Å². The minimum atomic E-state index is -0.380. The van der Waals surface area contributed by atoms with Crippen molar-refractivity contribution in [2.75, 3.05) is 18.4 Å². The maximum atomic E-state index is 12.4. The van der Waals surface area contributed by atoms with Gasteiger partial charge in [0, 0.05) is 31.3 Å². The summed E-state index contributed by atoms with van der Waals surface area (Å²) in [4.78, 5) is 30.3. The number of carbonyl (C=O) groups is 2. The monoisotopic (exact) mass is 339 g/mol. The zero-order chi connectivity index (χ0) is 17.6. The summed E-state index contributed by atoms with van der Waals surface area (Å²) in [6, 6.07) is 11.6. The van der Waals surface area contributed by atoms with Gasteiger partial charge in [0.25, 0.3) is 0 Å². The molecule has 0 saturated carbocycles. The fourth-order valence-electron chi connectivity index (χ4n) is 2.98. The van der Waals surface area contributed by atoms with Crippen molar-refractivity contribution >= 4 is 17.5 Å². The number of aromatic nitrogens is 1. The summed E-state index contributed by atoms with van der Waals surface area (Å²) in [6.07, 6.45) is 4.06. The van der Waals surface area contributed by atoms with Gasteiger partial charge in [0.15, 0.2) is 0 Å². The van der Waals surface area contributed by atoms with E-state index in [1.165, 1.54) is 11.8 Å². The van der Waals surface area contributed by atoms with Gasteiger partial charge in [-0.25, -0.2) is 0 Å². The summed E-state index contributed by atoms with van der Waals surface area (Å²) in [5, 5.41) is 12.1. The van der Waals surface area contributed by atoms with Gasteiger partial charge < -0.3 is 15.3 Å². The molecule has 1 aromatic carbocycles. The van der Waals surface area contributed by atoms with Crippen molar-refractivity contribution in [3.8, 4) is 0 Å². The molecule has 0 spiro atoms. The van der Waals surface area contributed by atoms with Crippen molar-refractivity contribution in [2.24, 2.45) is 5.92 Å². The first-order chi connectivity index (χ1) is 12.2. The van der Waals surface area contributed by atoms with Crippen molar-refractivity contribution < 1.29 is 14.7 Å². The zero-order valence-electron chi connectivity index (χ0n) is 13.9. The van der Waals surface area contributed by atoms with Crippen LogP contribution in [0.25, 0.3) is 0 Å². The van der Waals surface area contributed by atoms with E-state index in [-0.39, 0.29) is 30.8 Å². The van der Waals surface area contributed by atoms with E-state index in [0.717, 1.165) is 6.42 Å². The largest absolute Gasteiger partial charge is 0.392 e. The van der Waals surface area contributed by atoms with Crippen LogP contribution in [0.3, 0.4) is 0 Å². The molecule has 6 heteroatoms. The van der Waals surface area contributed by atoms with Gasteiger partial charge >= 0.3 is 0 Å². The third-order valence-corrected chi connectivity index (χ3v) is 4.44. The molecule has 2 N–H and O–H groups in total. The lowest BCUT2D eigenvalue weighted by Crippen LogP contribution is -2.30. The molecule has 1 unspecified atom stereocenters. The third-order valence-electron chi connectivity index (χ3n) is 4.44. The average molecular weight is 339 g/mol. The summed E-state index contributed by atoms with van der Waals surface area (Å²) < 4.78 is 0. The van der Waals surface area contributed by atoms with Gasteiger partial charge in [-0.3, -0.25) is 14.6 Å². The molecule has 6 nitrogen and oxygen atoms in total. The molecule has 1 aliphatic rings. The lowest BCUT2D eigenvalue weighted by molar-refractivity contribution is -0.128. The molecule has 1 saturated heterocycles. The Kier molecular flexibility index (Phi) is 5.40. The first-order valence-corrected chi connectivity index (χ1v) is 8.33. The average Bonchev–Trinajstić information content (AvgIpc) is 3.02. The number of amides is 2. The molecule has 2 heterocycles. The number of hydrogen-bond acceptors (Lipinski definition) is 4. The van der Waals surface area contributed by atoms with E-state index in [4.69, 9.17) is 0 Å². The number of anilines is 1. The molecule has 0 aliphatic carbocycles. The Morgan fingerprint density at radius 1 is 1.28 bits per heavy atom. The van der Waals surface area contributed by atoms with E-state index in [0.29, 0.717) is 24.3 Å². The molecule has 1 aliphatic heterocycles. The van der Waals surface area contributed by atoms with Crippen LogP contribution in [-0.2, 0) is 22.6 Å². The van der Waals surface area contributed by atoms with Crippen LogP contribution in [0, 0.1) is 5.92 Å². The number of aliphatic hydroxyl groups excluding tert-OH is 1. The SMILES string of the molecule is O=C(Nc1cnccc1CO)C1CC(=O)N(CCc2ccccc2)C1. The summed E-state index contributed by atoms with van der Waals surface area (Å²) in [5.41, 5.74) is 2.27. The Morgan fingerprint density at radius 2 is 2.08 bits per heavy atom. The Hall–Kier alpha value is -2.73. The maximum Gasteiger partial charge on any atom is 0.229 e. The second kappa shape index (κ2) is 7.90. The lowest BCUT2D eigenvalue weighted by Gasteiger charge is -2.17. The van der Waals surface area contributed by atoms with Gasteiger partial charge in [-0.15, -0.1) is 0 Å². The van der Waals surface area contributed by atoms with E-state index in [1.807, 2.05) is 30.3 Å². The topological polar surface area (TPSA) is 82.5 Å². The molecule has 25 heavy (non-hydrogen) atoms. The molecule has 0 bridgehead atoms. The van der Waals surface area contributed by atoms with Crippen LogP contribution in [0.5, 0.6) is 0 Å². The molecule has 1 aromatic heterocycles. The molecule has 3 rings (SSSR count). The second-order valence-corrected chi connectivity index (χ2v) is 6.16. The van der Waals surface area contributed by atoms with Gasteiger partial charge in [-0.05, 0) is 18.1 Å². The normalized spacial score (nSPS) is 16.9. The summed E-state index contributed by atoms with van der Waals surface area (Å²) in [7, 11) is 0. The number of nitrogens with one attached hydrogen (secondary N) is 1. The Bertz CT molecular complexity index is 749. The molecule has 1 fully saturated rings. The van der Waals surface area contributed by atoms with Crippen LogP contribution >= 0.6 is 0 Å². The van der Waals surface area contributed by atoms with Gasteiger partial charge in [0.1, 0.15) is 0 Å². The van der Waals surface area contributed by atoms with E-state index in [2.05, 4.69) is 10.3 Å². The fraction of sp³-hybridized carbons (Fsp3) is 0.316. The Labute approximate surface area is 146 Å². The molecule has 1 atom stereocenters. The van der Waals surface area contributed by atoms with Gasteiger partial charge in [-0.2, -0.15) is 0 Å². The number of hydrogen-bond donors (Lipinski definition) is 2. The first kappa shape index (κ1) is 17.1. The van der Waals surface area contributed by atoms with Gasteiger partial charge in [0.05, 0.1) is 24.4 Å². The minimum absolute atomic E-state index is 0.00431. The highest BCUT2D eigenvalue weighted by Gasteiger charge is 2.34. The van der Waals surface area contributed by atoms with E-state index in [9.17, 15) is 14.7 Å². The zero-order valence-corrected chi connectivity index (χ0v) is 13.9. The summed E-state index contributed by atoms with van der Waals surface area (Å²) in [5.74, 6) is -0.585. The predicted molar refractivity (Wildman–Crippen MR) is 93.6 cm³/mol. The number of likely N-dealkylation sites (tertiary alicyclic amines) is 1. The van der Waals surface area contributed by atoms with Crippen LogP contribution in [0.2, 0.25) is 0 Å². The Morgan fingerprint density at radius 3 is 2.84 bits per heavy atom. The van der Waals surface area contributed by atoms with Crippen molar-refractivity contribution in [3.63, 3.8) is 0 Å². The van der Waals surface area contributed by atoms with Gasteiger partial charge in [-0.1, -0.05) is 30.3 Å². The van der Waals surface area contributed by atoms with Crippen LogP contribution in [0.15, 0.2) is 48.8 Å². The molecular formula is C19H21N3O3. The van der Waals surface area contributed by atoms with E-state index < -0.39 is 0 Å². The highest BCUT2D eigenvalue weighted by molar-refractivity contribution is 5.97. The second-order valence-electron chi connectivity index (χ2n) is 6.16. The lowest BCUT2D eigenvalue weighted by atomic mass is 10.1. The molecule has 130 valence electrons. The number of carbonyl (C=O) groups excluding carboxylic acids is 2. The van der Waals surface area contributed by atoms with E-state index >= 15 is 0 Å². The molecule has 2 aromatic rings. The quantitative estimate of drug-likeness (QED) is 0.837. The highest BCUT2D eigenvalue weighted by atomic mass is 16.3. The van der Waals surface area contributed by atoms with Crippen LogP contribution in [-0.4, -0.2) is 39.9 Å². The molecule has 0 radical (unpaired) electrons. The molecule has 2 amide bonds. The predicted octanol–water partition coefficient (Wildman–Crippen LogP) is 1.60. The van der Waals surface area contributed by atoms with Crippen molar-refractivity contribution in [2.45, 2.75) is 19.4 Å². The number of rotatable bonds is 6. The number of nitrogens with zero attached hydrogens (tertiary/aromatic N) is 2. The minimum Gasteiger partial charge on any atom is -0.392 e. The third kappa shape index (κ3) is 4.22. The van der Waals surface area contributed by atoms with Crippen LogP contribution < -0.4 is 5.32 Å². The summed E-state index contributed by atoms with van der Waals surface area (Å²) >= 11 is 0. The number of benzene rings is 1. The number of pyridine rings is 1. The van der Waals surface area contributed by atoms with E-state index in [1.54, 1.807) is 17.2 Å². The standard InChI is InChI=1S/C19H21N3O3/c23-13-15-6-8-20-11-17(15)21-19(25)16-10-18(24)22(12-16)9-7-14-4-2-1-3-5-14/h1-6,8,11,16,23H,7,9-10,12-13H2,(H,21,25). The maximum absolute atomic E-state index is 12.4. The molecular weight excluding hydrogens is 318 g/mol. The van der Waals surface area contributed by atoms with Crippen molar-refractivity contribution in [1.82, 2.24) is 9.88 Å². The first-order valence-electron chi connectivity index (χ1n) is 8.33.